The molecule has 1 amide bonds. The average molecular weight is 321 g/mol. The molecular weight excluding hydrogens is 310 g/mol. The van der Waals surface area contributed by atoms with Crippen molar-refractivity contribution in [1.82, 2.24) is 0 Å². The van der Waals surface area contributed by atoms with Crippen molar-refractivity contribution in [1.29, 1.82) is 0 Å². The first-order valence-electron chi connectivity index (χ1n) is 4.25. The summed E-state index contributed by atoms with van der Waals surface area (Å²) in [6.45, 7) is 0. The molecule has 2 nitrogen and oxygen atoms in total. The normalized spacial score (nSPS) is 10.2. The highest BCUT2D eigenvalue weighted by Crippen LogP contribution is 2.11. The molecule has 1 aromatic rings. The summed E-state index contributed by atoms with van der Waals surface area (Å²) in [5, 5.41) is 4.17. The summed E-state index contributed by atoms with van der Waals surface area (Å²) in [6, 6.07) is 9.46. The maximum absolute atomic E-state index is 11.6. The molecule has 0 aliphatic heterocycles. The minimum atomic E-state index is -0.0322. The number of rotatable bonds is 4. The van der Waals surface area contributed by atoms with Crippen molar-refractivity contribution in [3.05, 3.63) is 30.3 Å². The monoisotopic (exact) mass is 319 g/mol. The molecule has 0 fully saturated rings. The molecule has 1 rings (SSSR count). The Morgan fingerprint density at radius 3 is 2.29 bits per heavy atom. The number of anilines is 1. The van der Waals surface area contributed by atoms with E-state index in [4.69, 9.17) is 0 Å². The minimum Gasteiger partial charge on any atom is -0.326 e. The summed E-state index contributed by atoms with van der Waals surface area (Å²) in [6.07, 6.45) is 0. The highest BCUT2D eigenvalue weighted by atomic mass is 79.9. The third kappa shape index (κ3) is 3.42. The van der Waals surface area contributed by atoms with Gasteiger partial charge in [0.25, 0.3) is 0 Å². The van der Waals surface area contributed by atoms with Crippen molar-refractivity contribution in [3.63, 3.8) is 0 Å². The number of amides is 1. The van der Waals surface area contributed by atoms with Crippen LogP contribution in [0.25, 0.3) is 0 Å². The Morgan fingerprint density at radius 1 is 1.21 bits per heavy atom. The molecule has 0 aromatic heterocycles. The van der Waals surface area contributed by atoms with Crippen molar-refractivity contribution in [2.24, 2.45) is 5.92 Å². The molecule has 0 radical (unpaired) electrons. The van der Waals surface area contributed by atoms with E-state index in [1.165, 1.54) is 0 Å². The zero-order valence-corrected chi connectivity index (χ0v) is 10.7. The summed E-state index contributed by atoms with van der Waals surface area (Å²) < 4.78 is 0. The molecule has 0 bridgehead atoms. The number of benzene rings is 1. The standard InChI is InChI=1S/C10H11Br2NO/c11-6-8(7-12)10(14)13-9-4-2-1-3-5-9/h1-5,8H,6-7H2,(H,13,14). The molecule has 4 heteroatoms. The lowest BCUT2D eigenvalue weighted by atomic mass is 10.2. The van der Waals surface area contributed by atoms with Crippen LogP contribution >= 0.6 is 31.9 Å². The van der Waals surface area contributed by atoms with E-state index < -0.39 is 0 Å². The number of carbonyl (C=O) groups is 1. The van der Waals surface area contributed by atoms with E-state index in [9.17, 15) is 4.79 Å². The van der Waals surface area contributed by atoms with Crippen LogP contribution in [0.5, 0.6) is 0 Å². The Kier molecular flexibility index (Phi) is 5.19. The van der Waals surface area contributed by atoms with E-state index in [0.29, 0.717) is 10.7 Å². The molecule has 76 valence electrons. The van der Waals surface area contributed by atoms with Gasteiger partial charge in [0.05, 0.1) is 5.92 Å². The molecule has 0 saturated heterocycles. The highest BCUT2D eigenvalue weighted by molar-refractivity contribution is 9.09. The Bertz CT molecular complexity index is 285. The number of alkyl halides is 2. The summed E-state index contributed by atoms with van der Waals surface area (Å²) in [7, 11) is 0. The number of hydrogen-bond donors (Lipinski definition) is 1. The first kappa shape index (κ1) is 11.7. The first-order valence-corrected chi connectivity index (χ1v) is 6.50. The van der Waals surface area contributed by atoms with Gasteiger partial charge in [0, 0.05) is 16.3 Å². The van der Waals surface area contributed by atoms with Crippen LogP contribution in [0.2, 0.25) is 0 Å². The fourth-order valence-corrected chi connectivity index (χ4v) is 2.61. The second-order valence-corrected chi connectivity index (χ2v) is 4.16. The maximum atomic E-state index is 11.6. The zero-order valence-electron chi connectivity index (χ0n) is 7.54. The van der Waals surface area contributed by atoms with Gasteiger partial charge in [0.2, 0.25) is 5.91 Å². The predicted octanol–water partition coefficient (Wildman–Crippen LogP) is 3.03. The van der Waals surface area contributed by atoms with Gasteiger partial charge in [-0.2, -0.15) is 0 Å². The lowest BCUT2D eigenvalue weighted by Crippen LogP contribution is -2.25. The molecular formula is C10H11Br2NO. The van der Waals surface area contributed by atoms with Gasteiger partial charge in [-0.3, -0.25) is 4.79 Å². The van der Waals surface area contributed by atoms with E-state index in [-0.39, 0.29) is 11.8 Å². The maximum Gasteiger partial charge on any atom is 0.229 e. The average Bonchev–Trinajstić information content (AvgIpc) is 2.21. The van der Waals surface area contributed by atoms with Crippen molar-refractivity contribution in [2.45, 2.75) is 0 Å². The summed E-state index contributed by atoms with van der Waals surface area (Å²) in [5.41, 5.74) is 0.837. The van der Waals surface area contributed by atoms with Crippen LogP contribution in [0.4, 0.5) is 5.69 Å². The van der Waals surface area contributed by atoms with Crippen LogP contribution in [-0.2, 0) is 4.79 Å². The fraction of sp³-hybridized carbons (Fsp3) is 0.300. The second-order valence-electron chi connectivity index (χ2n) is 2.86. The van der Waals surface area contributed by atoms with E-state index >= 15 is 0 Å². The minimum absolute atomic E-state index is 0.0322. The first-order chi connectivity index (χ1) is 6.77. The molecule has 14 heavy (non-hydrogen) atoms. The van der Waals surface area contributed by atoms with E-state index in [0.717, 1.165) is 5.69 Å². The smallest absolute Gasteiger partial charge is 0.229 e. The third-order valence-electron chi connectivity index (χ3n) is 1.78. The van der Waals surface area contributed by atoms with E-state index in [1.807, 2.05) is 30.3 Å². The van der Waals surface area contributed by atoms with E-state index in [2.05, 4.69) is 37.2 Å². The van der Waals surface area contributed by atoms with Crippen molar-refractivity contribution in [3.8, 4) is 0 Å². The Labute approximate surface area is 100 Å². The van der Waals surface area contributed by atoms with Gasteiger partial charge in [-0.1, -0.05) is 50.1 Å². The van der Waals surface area contributed by atoms with Crippen molar-refractivity contribution >= 4 is 43.5 Å². The number of halogens is 2. The Balaban J connectivity index is 2.57. The largest absolute Gasteiger partial charge is 0.326 e. The number of nitrogens with one attached hydrogen (secondary N) is 1. The van der Waals surface area contributed by atoms with Gasteiger partial charge >= 0.3 is 0 Å². The van der Waals surface area contributed by atoms with Gasteiger partial charge in [-0.15, -0.1) is 0 Å². The van der Waals surface area contributed by atoms with Gasteiger partial charge < -0.3 is 5.32 Å². The number of para-hydroxylation sites is 1. The molecule has 0 atom stereocenters. The molecule has 0 unspecified atom stereocenters. The van der Waals surface area contributed by atoms with E-state index in [1.54, 1.807) is 0 Å². The van der Waals surface area contributed by atoms with Crippen molar-refractivity contribution in [2.75, 3.05) is 16.0 Å². The number of carbonyl (C=O) groups excluding carboxylic acids is 1. The Hall–Kier alpha value is -0.350. The molecule has 0 saturated carbocycles. The lowest BCUT2D eigenvalue weighted by molar-refractivity contribution is -0.118. The van der Waals surface area contributed by atoms with Crippen LogP contribution in [0.1, 0.15) is 0 Å². The summed E-state index contributed by atoms with van der Waals surface area (Å²) >= 11 is 6.60. The molecule has 0 heterocycles. The van der Waals surface area contributed by atoms with Crippen LogP contribution in [-0.4, -0.2) is 16.6 Å². The number of hydrogen-bond acceptors (Lipinski definition) is 1. The summed E-state index contributed by atoms with van der Waals surface area (Å²) in [4.78, 5) is 11.6. The third-order valence-corrected chi connectivity index (χ3v) is 3.35. The SMILES string of the molecule is O=C(Nc1ccccc1)C(CBr)CBr. The van der Waals surface area contributed by atoms with Crippen LogP contribution in [0, 0.1) is 5.92 Å². The topological polar surface area (TPSA) is 29.1 Å². The predicted molar refractivity (Wildman–Crippen MR) is 66.1 cm³/mol. The van der Waals surface area contributed by atoms with Gasteiger partial charge in [-0.05, 0) is 12.1 Å². The quantitative estimate of drug-likeness (QED) is 0.849. The molecule has 1 N–H and O–H groups in total. The molecule has 0 spiro atoms. The lowest BCUT2D eigenvalue weighted by Gasteiger charge is -2.10. The van der Waals surface area contributed by atoms with Gasteiger partial charge in [0.1, 0.15) is 0 Å². The molecule has 0 aliphatic carbocycles. The van der Waals surface area contributed by atoms with Crippen LogP contribution in [0.3, 0.4) is 0 Å². The zero-order chi connectivity index (χ0) is 10.4. The fourth-order valence-electron chi connectivity index (χ4n) is 0.947. The van der Waals surface area contributed by atoms with Crippen LogP contribution < -0.4 is 5.32 Å². The van der Waals surface area contributed by atoms with Gasteiger partial charge in [0.15, 0.2) is 0 Å². The van der Waals surface area contributed by atoms with Crippen molar-refractivity contribution < 1.29 is 4.79 Å². The molecule has 0 aliphatic rings. The molecule has 1 aromatic carbocycles. The summed E-state index contributed by atoms with van der Waals surface area (Å²) in [5.74, 6) is 0.000145. The van der Waals surface area contributed by atoms with Gasteiger partial charge in [-0.25, -0.2) is 0 Å². The second kappa shape index (κ2) is 6.19. The highest BCUT2D eigenvalue weighted by Gasteiger charge is 2.15. The van der Waals surface area contributed by atoms with Crippen LogP contribution in [0.15, 0.2) is 30.3 Å². The Morgan fingerprint density at radius 2 is 1.79 bits per heavy atom.